The molecule has 0 aliphatic rings. The Labute approximate surface area is 91.9 Å². The second-order valence-corrected chi connectivity index (χ2v) is 12.9. The zero-order valence-electron chi connectivity index (χ0n) is 11.7. The zero-order chi connectivity index (χ0) is 11.8. The summed E-state index contributed by atoms with van der Waals surface area (Å²) < 4.78 is 0. The van der Waals surface area contributed by atoms with Gasteiger partial charge in [0.05, 0.1) is 8.07 Å². The Morgan fingerprint density at radius 1 is 0.786 bits per heavy atom. The van der Waals surface area contributed by atoms with Crippen LogP contribution in [0.3, 0.4) is 0 Å². The molecule has 0 rings (SSSR count). The molecule has 0 spiro atoms. The molecule has 0 aromatic rings. The zero-order valence-corrected chi connectivity index (χ0v) is 12.7. The van der Waals surface area contributed by atoms with Crippen molar-refractivity contribution in [2.24, 2.45) is 0 Å². The highest BCUT2D eigenvalue weighted by Crippen LogP contribution is 2.26. The number of hydrogen-bond acceptors (Lipinski definition) is 1. The van der Waals surface area contributed by atoms with Crippen molar-refractivity contribution >= 4 is 8.07 Å². The van der Waals surface area contributed by atoms with Crippen molar-refractivity contribution in [3.05, 3.63) is 0 Å². The van der Waals surface area contributed by atoms with Crippen LogP contribution < -0.4 is 0 Å². The molecular weight excluding hydrogens is 186 g/mol. The standard InChI is InChI=1S/C12H29NSi/c1-11(2,3)13(12(4,5)6)10-14(7,8)9/h10H2,1-9H3. The quantitative estimate of drug-likeness (QED) is 0.634. The van der Waals surface area contributed by atoms with Crippen molar-refractivity contribution in [1.29, 1.82) is 0 Å². The fraction of sp³-hybridized carbons (Fsp3) is 1.00. The van der Waals surface area contributed by atoms with Gasteiger partial charge in [0.2, 0.25) is 0 Å². The van der Waals surface area contributed by atoms with Crippen LogP contribution in [0.2, 0.25) is 19.6 Å². The summed E-state index contributed by atoms with van der Waals surface area (Å²) in [6.07, 6.45) is 1.28. The van der Waals surface area contributed by atoms with Crippen LogP contribution in [-0.2, 0) is 0 Å². The summed E-state index contributed by atoms with van der Waals surface area (Å²) in [6.45, 7) is 21.2. The van der Waals surface area contributed by atoms with E-state index in [4.69, 9.17) is 0 Å². The van der Waals surface area contributed by atoms with E-state index < -0.39 is 8.07 Å². The Morgan fingerprint density at radius 3 is 1.14 bits per heavy atom. The molecule has 1 nitrogen and oxygen atoms in total. The normalized spacial score (nSPS) is 15.0. The molecule has 0 saturated carbocycles. The molecule has 0 fully saturated rings. The summed E-state index contributed by atoms with van der Waals surface area (Å²) in [7, 11) is -1.01. The van der Waals surface area contributed by atoms with E-state index in [9.17, 15) is 0 Å². The van der Waals surface area contributed by atoms with E-state index in [1.165, 1.54) is 6.17 Å². The van der Waals surface area contributed by atoms with Gasteiger partial charge in [-0.3, -0.25) is 4.90 Å². The highest BCUT2D eigenvalue weighted by atomic mass is 28.3. The third kappa shape index (κ3) is 5.16. The maximum atomic E-state index is 2.65. The Hall–Kier alpha value is 0.177. The van der Waals surface area contributed by atoms with E-state index in [1.807, 2.05) is 0 Å². The Bertz CT molecular complexity index is 164. The molecule has 0 heterocycles. The molecule has 0 saturated heterocycles. The molecule has 0 aliphatic heterocycles. The Balaban J connectivity index is 4.78. The first-order valence-electron chi connectivity index (χ1n) is 5.62. The van der Waals surface area contributed by atoms with Crippen LogP contribution in [0, 0.1) is 0 Å². The van der Waals surface area contributed by atoms with Crippen LogP contribution in [0.15, 0.2) is 0 Å². The monoisotopic (exact) mass is 215 g/mol. The van der Waals surface area contributed by atoms with Crippen LogP contribution in [0.5, 0.6) is 0 Å². The second kappa shape index (κ2) is 3.97. The topological polar surface area (TPSA) is 3.24 Å². The van der Waals surface area contributed by atoms with Crippen molar-refractivity contribution in [2.45, 2.75) is 72.3 Å². The van der Waals surface area contributed by atoms with E-state index >= 15 is 0 Å². The smallest absolute Gasteiger partial charge is 0.0599 e. The third-order valence-electron chi connectivity index (χ3n) is 2.25. The van der Waals surface area contributed by atoms with Gasteiger partial charge in [-0.2, -0.15) is 0 Å². The fourth-order valence-corrected chi connectivity index (χ4v) is 3.85. The first-order chi connectivity index (χ1) is 5.84. The molecule has 0 amide bonds. The molecule has 0 radical (unpaired) electrons. The molecule has 2 heteroatoms. The first-order valence-corrected chi connectivity index (χ1v) is 9.32. The maximum Gasteiger partial charge on any atom is 0.0599 e. The maximum absolute atomic E-state index is 2.65. The second-order valence-electron chi connectivity index (χ2n) is 7.49. The van der Waals surface area contributed by atoms with Crippen molar-refractivity contribution in [1.82, 2.24) is 4.90 Å². The highest BCUT2D eigenvalue weighted by molar-refractivity contribution is 6.76. The molecule has 0 aromatic heterocycles. The minimum Gasteiger partial charge on any atom is -0.296 e. The van der Waals surface area contributed by atoms with Gasteiger partial charge in [-0.25, -0.2) is 0 Å². The van der Waals surface area contributed by atoms with E-state index in [0.717, 1.165) is 0 Å². The van der Waals surface area contributed by atoms with Crippen LogP contribution in [-0.4, -0.2) is 30.2 Å². The van der Waals surface area contributed by atoms with Gasteiger partial charge in [0, 0.05) is 11.1 Å². The van der Waals surface area contributed by atoms with Crippen LogP contribution in [0.25, 0.3) is 0 Å². The molecule has 0 atom stereocenters. The lowest BCUT2D eigenvalue weighted by Gasteiger charge is -2.48. The lowest BCUT2D eigenvalue weighted by molar-refractivity contribution is 0.0573. The molecule has 0 unspecified atom stereocenters. The average molecular weight is 215 g/mol. The van der Waals surface area contributed by atoms with Crippen LogP contribution in [0.4, 0.5) is 0 Å². The molecule has 14 heavy (non-hydrogen) atoms. The number of rotatable bonds is 2. The Kier molecular flexibility index (Phi) is 4.02. The molecule has 0 aromatic carbocycles. The van der Waals surface area contributed by atoms with Crippen molar-refractivity contribution in [3.63, 3.8) is 0 Å². The Morgan fingerprint density at radius 2 is 1.07 bits per heavy atom. The number of nitrogens with zero attached hydrogens (tertiary/aromatic N) is 1. The van der Waals surface area contributed by atoms with Gasteiger partial charge in [-0.05, 0) is 47.7 Å². The summed E-state index contributed by atoms with van der Waals surface area (Å²) in [4.78, 5) is 2.65. The molecule has 0 bridgehead atoms. The summed E-state index contributed by atoms with van der Waals surface area (Å²) in [6, 6.07) is 0. The fourth-order valence-electron chi connectivity index (χ4n) is 1.95. The van der Waals surface area contributed by atoms with Gasteiger partial charge < -0.3 is 0 Å². The van der Waals surface area contributed by atoms with Gasteiger partial charge in [0.25, 0.3) is 0 Å². The minimum atomic E-state index is -1.01. The molecule has 0 aliphatic carbocycles. The van der Waals surface area contributed by atoms with Gasteiger partial charge >= 0.3 is 0 Å². The molecule has 86 valence electrons. The van der Waals surface area contributed by atoms with Gasteiger partial charge in [0.15, 0.2) is 0 Å². The van der Waals surface area contributed by atoms with Crippen molar-refractivity contribution in [3.8, 4) is 0 Å². The minimum absolute atomic E-state index is 0.276. The van der Waals surface area contributed by atoms with Crippen LogP contribution >= 0.6 is 0 Å². The van der Waals surface area contributed by atoms with E-state index in [0.29, 0.717) is 0 Å². The summed E-state index contributed by atoms with van der Waals surface area (Å²) in [5, 5.41) is 0. The van der Waals surface area contributed by atoms with Gasteiger partial charge in [0.1, 0.15) is 0 Å². The highest BCUT2D eigenvalue weighted by Gasteiger charge is 2.34. The van der Waals surface area contributed by atoms with Crippen molar-refractivity contribution < 1.29 is 0 Å². The first kappa shape index (κ1) is 14.2. The third-order valence-corrected chi connectivity index (χ3v) is 3.52. The number of hydrogen-bond donors (Lipinski definition) is 0. The summed E-state index contributed by atoms with van der Waals surface area (Å²) in [5.74, 6) is 0. The SMILES string of the molecule is CC(C)(C)N(C[Si](C)(C)C)C(C)(C)C. The van der Waals surface area contributed by atoms with E-state index in [2.05, 4.69) is 66.1 Å². The molecular formula is C12H29NSi. The lowest BCUT2D eigenvalue weighted by Crippen LogP contribution is -2.57. The molecule has 0 N–H and O–H groups in total. The van der Waals surface area contributed by atoms with E-state index in [1.54, 1.807) is 0 Å². The largest absolute Gasteiger partial charge is 0.296 e. The van der Waals surface area contributed by atoms with Crippen LogP contribution in [0.1, 0.15) is 41.5 Å². The van der Waals surface area contributed by atoms with Crippen molar-refractivity contribution in [2.75, 3.05) is 6.17 Å². The predicted molar refractivity (Wildman–Crippen MR) is 69.6 cm³/mol. The van der Waals surface area contributed by atoms with Gasteiger partial charge in [-0.1, -0.05) is 19.6 Å². The lowest BCUT2D eigenvalue weighted by atomic mass is 9.97. The summed E-state index contributed by atoms with van der Waals surface area (Å²) >= 11 is 0. The average Bonchev–Trinajstić information content (AvgIpc) is 1.75. The summed E-state index contributed by atoms with van der Waals surface area (Å²) in [5.41, 5.74) is 0.553. The van der Waals surface area contributed by atoms with E-state index in [-0.39, 0.29) is 11.1 Å². The predicted octanol–water partition coefficient (Wildman–Crippen LogP) is 3.76. The van der Waals surface area contributed by atoms with Gasteiger partial charge in [-0.15, -0.1) is 0 Å².